The second-order valence-electron chi connectivity index (χ2n) is 4.31. The van der Waals surface area contributed by atoms with Gasteiger partial charge in [0.1, 0.15) is 0 Å². The van der Waals surface area contributed by atoms with Gasteiger partial charge in [0, 0.05) is 12.1 Å². The maximum absolute atomic E-state index is 12.0. The van der Waals surface area contributed by atoms with Crippen LogP contribution in [0.3, 0.4) is 0 Å². The summed E-state index contributed by atoms with van der Waals surface area (Å²) in [6.07, 6.45) is 0.799. The smallest absolute Gasteiger partial charge is 0.251 e. The molecule has 0 aliphatic carbocycles. The zero-order valence-corrected chi connectivity index (χ0v) is 10.7. The van der Waals surface area contributed by atoms with Crippen LogP contribution < -0.4 is 5.32 Å². The van der Waals surface area contributed by atoms with E-state index in [1.165, 1.54) is 5.56 Å². The van der Waals surface area contributed by atoms with Crippen LogP contribution in [0, 0.1) is 0 Å². The number of amides is 1. The van der Waals surface area contributed by atoms with Crippen LogP contribution in [0.1, 0.15) is 21.5 Å². The molecule has 0 saturated heterocycles. The fourth-order valence-electron chi connectivity index (χ4n) is 1.94. The van der Waals surface area contributed by atoms with Crippen molar-refractivity contribution in [2.45, 2.75) is 13.0 Å². The maximum Gasteiger partial charge on any atom is 0.251 e. The molecule has 1 amide bonds. The number of aliphatic hydroxyl groups is 1. The Balaban J connectivity index is 1.91. The van der Waals surface area contributed by atoms with Gasteiger partial charge in [-0.1, -0.05) is 48.5 Å². The van der Waals surface area contributed by atoms with Gasteiger partial charge in [-0.15, -0.1) is 0 Å². The molecule has 0 atom stereocenters. The lowest BCUT2D eigenvalue weighted by atomic mass is 10.1. The van der Waals surface area contributed by atoms with Gasteiger partial charge in [0.05, 0.1) is 6.61 Å². The molecule has 2 aromatic rings. The number of rotatable bonds is 5. The molecule has 0 unspecified atom stereocenters. The second-order valence-corrected chi connectivity index (χ2v) is 4.31. The first-order valence-electron chi connectivity index (χ1n) is 6.32. The highest BCUT2D eigenvalue weighted by atomic mass is 16.3. The predicted molar refractivity (Wildman–Crippen MR) is 74.8 cm³/mol. The first-order valence-corrected chi connectivity index (χ1v) is 6.32. The van der Waals surface area contributed by atoms with E-state index in [1.807, 2.05) is 36.4 Å². The molecule has 3 nitrogen and oxygen atoms in total. The molecule has 0 radical (unpaired) electrons. The molecule has 0 saturated carbocycles. The monoisotopic (exact) mass is 255 g/mol. The zero-order valence-electron chi connectivity index (χ0n) is 10.7. The molecular weight excluding hydrogens is 238 g/mol. The van der Waals surface area contributed by atoms with E-state index in [1.54, 1.807) is 18.2 Å². The van der Waals surface area contributed by atoms with Gasteiger partial charge in [0.15, 0.2) is 0 Å². The minimum atomic E-state index is -0.138. The normalized spacial score (nSPS) is 10.2. The standard InChI is InChI=1S/C16H17NO2/c18-12-14-8-4-5-9-15(14)16(19)17-11-10-13-6-2-1-3-7-13/h1-9,18H,10-12H2,(H,17,19). The van der Waals surface area contributed by atoms with E-state index in [2.05, 4.69) is 5.32 Å². The first kappa shape index (κ1) is 13.3. The Kier molecular flexibility index (Phi) is 4.70. The summed E-state index contributed by atoms with van der Waals surface area (Å²) in [4.78, 5) is 12.0. The van der Waals surface area contributed by atoms with Gasteiger partial charge in [-0.2, -0.15) is 0 Å². The van der Waals surface area contributed by atoms with Crippen LogP contribution in [0.2, 0.25) is 0 Å². The van der Waals surface area contributed by atoms with Gasteiger partial charge < -0.3 is 10.4 Å². The molecule has 98 valence electrons. The lowest BCUT2D eigenvalue weighted by Gasteiger charge is -2.08. The molecule has 0 aliphatic heterocycles. The molecule has 0 aromatic heterocycles. The molecule has 0 aliphatic rings. The van der Waals surface area contributed by atoms with Crippen molar-refractivity contribution in [3.63, 3.8) is 0 Å². The summed E-state index contributed by atoms with van der Waals surface area (Å²) in [5.41, 5.74) is 2.39. The average molecular weight is 255 g/mol. The number of nitrogens with one attached hydrogen (secondary N) is 1. The summed E-state index contributed by atoms with van der Waals surface area (Å²) < 4.78 is 0. The quantitative estimate of drug-likeness (QED) is 0.860. The van der Waals surface area contributed by atoms with Crippen molar-refractivity contribution in [2.24, 2.45) is 0 Å². The van der Waals surface area contributed by atoms with E-state index in [4.69, 9.17) is 0 Å². The fourth-order valence-corrected chi connectivity index (χ4v) is 1.94. The predicted octanol–water partition coefficient (Wildman–Crippen LogP) is 2.15. The van der Waals surface area contributed by atoms with Crippen LogP contribution in [0.15, 0.2) is 54.6 Å². The highest BCUT2D eigenvalue weighted by molar-refractivity contribution is 5.95. The van der Waals surface area contributed by atoms with Gasteiger partial charge in [-0.3, -0.25) is 4.79 Å². The number of hydrogen-bond donors (Lipinski definition) is 2. The Morgan fingerprint density at radius 1 is 1.00 bits per heavy atom. The molecule has 2 aromatic carbocycles. The lowest BCUT2D eigenvalue weighted by molar-refractivity contribution is 0.0951. The summed E-state index contributed by atoms with van der Waals surface area (Å²) >= 11 is 0. The number of benzene rings is 2. The van der Waals surface area contributed by atoms with E-state index in [9.17, 15) is 9.90 Å². The molecule has 3 heteroatoms. The Morgan fingerprint density at radius 2 is 1.68 bits per heavy atom. The Hall–Kier alpha value is -2.13. The van der Waals surface area contributed by atoms with Gasteiger partial charge >= 0.3 is 0 Å². The Labute approximate surface area is 112 Å². The summed E-state index contributed by atoms with van der Waals surface area (Å²) in [5, 5.41) is 12.1. The van der Waals surface area contributed by atoms with E-state index in [0.717, 1.165) is 6.42 Å². The van der Waals surface area contributed by atoms with Crippen molar-refractivity contribution in [2.75, 3.05) is 6.54 Å². The van der Waals surface area contributed by atoms with E-state index < -0.39 is 0 Å². The Bertz CT molecular complexity index is 537. The van der Waals surface area contributed by atoms with E-state index in [0.29, 0.717) is 17.7 Å². The van der Waals surface area contributed by atoms with E-state index >= 15 is 0 Å². The van der Waals surface area contributed by atoms with Crippen molar-refractivity contribution >= 4 is 5.91 Å². The molecule has 0 spiro atoms. The van der Waals surface area contributed by atoms with Crippen LogP contribution >= 0.6 is 0 Å². The molecule has 0 heterocycles. The van der Waals surface area contributed by atoms with Crippen LogP contribution in [-0.4, -0.2) is 17.6 Å². The van der Waals surface area contributed by atoms with Gasteiger partial charge in [-0.25, -0.2) is 0 Å². The summed E-state index contributed by atoms with van der Waals surface area (Å²) in [7, 11) is 0. The van der Waals surface area contributed by atoms with Crippen molar-refractivity contribution in [3.05, 3.63) is 71.3 Å². The van der Waals surface area contributed by atoms with Gasteiger partial charge in [0.25, 0.3) is 5.91 Å². The summed E-state index contributed by atoms with van der Waals surface area (Å²) in [5.74, 6) is -0.138. The average Bonchev–Trinajstić information content (AvgIpc) is 2.48. The third kappa shape index (κ3) is 3.66. The van der Waals surface area contributed by atoms with Crippen molar-refractivity contribution in [1.82, 2.24) is 5.32 Å². The van der Waals surface area contributed by atoms with Crippen LogP contribution in [-0.2, 0) is 13.0 Å². The maximum atomic E-state index is 12.0. The number of hydrogen-bond acceptors (Lipinski definition) is 2. The fraction of sp³-hybridized carbons (Fsp3) is 0.188. The molecule has 0 bridgehead atoms. The molecule has 2 N–H and O–H groups in total. The highest BCUT2D eigenvalue weighted by Crippen LogP contribution is 2.08. The summed E-state index contributed by atoms with van der Waals surface area (Å²) in [6.45, 7) is 0.463. The second kappa shape index (κ2) is 6.71. The zero-order chi connectivity index (χ0) is 13.5. The number of carbonyl (C=O) groups is 1. The topological polar surface area (TPSA) is 49.3 Å². The minimum absolute atomic E-state index is 0.123. The van der Waals surface area contributed by atoms with Crippen molar-refractivity contribution in [1.29, 1.82) is 0 Å². The SMILES string of the molecule is O=C(NCCc1ccccc1)c1ccccc1CO. The number of carbonyl (C=O) groups excluding carboxylic acids is 1. The van der Waals surface area contributed by atoms with Crippen LogP contribution in [0.4, 0.5) is 0 Å². The van der Waals surface area contributed by atoms with Gasteiger partial charge in [0.2, 0.25) is 0 Å². The third-order valence-electron chi connectivity index (χ3n) is 2.97. The van der Waals surface area contributed by atoms with Crippen molar-refractivity contribution < 1.29 is 9.90 Å². The van der Waals surface area contributed by atoms with Crippen molar-refractivity contribution in [3.8, 4) is 0 Å². The minimum Gasteiger partial charge on any atom is -0.392 e. The lowest BCUT2D eigenvalue weighted by Crippen LogP contribution is -2.26. The number of aliphatic hydroxyl groups excluding tert-OH is 1. The largest absolute Gasteiger partial charge is 0.392 e. The van der Waals surface area contributed by atoms with Gasteiger partial charge in [-0.05, 0) is 23.6 Å². The van der Waals surface area contributed by atoms with Crippen LogP contribution in [0.25, 0.3) is 0 Å². The molecule has 0 fully saturated rings. The Morgan fingerprint density at radius 3 is 2.42 bits per heavy atom. The highest BCUT2D eigenvalue weighted by Gasteiger charge is 2.09. The molecule has 19 heavy (non-hydrogen) atoms. The van der Waals surface area contributed by atoms with E-state index in [-0.39, 0.29) is 12.5 Å². The first-order chi connectivity index (χ1) is 9.31. The molecule has 2 rings (SSSR count). The molecular formula is C16H17NO2. The third-order valence-corrected chi connectivity index (χ3v) is 2.97. The van der Waals surface area contributed by atoms with Crippen LogP contribution in [0.5, 0.6) is 0 Å². The summed E-state index contributed by atoms with van der Waals surface area (Å²) in [6, 6.07) is 17.1.